The highest BCUT2D eigenvalue weighted by molar-refractivity contribution is 7.80. The van der Waals surface area contributed by atoms with Crippen LogP contribution in [0.15, 0.2) is 40.9 Å². The van der Waals surface area contributed by atoms with Gasteiger partial charge in [-0.15, -0.1) is 0 Å². The number of anilines is 1. The SMILES string of the molecule is NC(=S)c1cn[nH]c1NC(=O)c1cc2ccccc2o1. The predicted octanol–water partition coefficient (Wildman–Crippen LogP) is 2.04. The minimum atomic E-state index is -0.400. The van der Waals surface area contributed by atoms with Crippen molar-refractivity contribution in [2.45, 2.75) is 0 Å². The Hall–Kier alpha value is -2.67. The van der Waals surface area contributed by atoms with Crippen LogP contribution in [0.2, 0.25) is 0 Å². The first kappa shape index (κ1) is 12.4. The van der Waals surface area contributed by atoms with E-state index in [9.17, 15) is 4.79 Å². The standard InChI is InChI=1S/C13H10N4O2S/c14-11(20)8-6-15-17-12(8)16-13(18)10-5-7-3-1-2-4-9(7)19-10/h1-6H,(H2,14,20)(H2,15,16,17,18). The summed E-state index contributed by atoms with van der Waals surface area (Å²) >= 11 is 4.87. The fourth-order valence-electron chi connectivity index (χ4n) is 1.84. The van der Waals surface area contributed by atoms with Crippen LogP contribution in [0, 0.1) is 0 Å². The first-order valence-corrected chi connectivity index (χ1v) is 6.19. The summed E-state index contributed by atoms with van der Waals surface area (Å²) in [7, 11) is 0. The second-order valence-electron chi connectivity index (χ2n) is 4.13. The van der Waals surface area contributed by atoms with Crippen LogP contribution in [-0.4, -0.2) is 21.1 Å². The van der Waals surface area contributed by atoms with Crippen LogP contribution in [0.25, 0.3) is 11.0 Å². The zero-order chi connectivity index (χ0) is 14.1. The van der Waals surface area contributed by atoms with E-state index in [4.69, 9.17) is 22.4 Å². The summed E-state index contributed by atoms with van der Waals surface area (Å²) in [6, 6.07) is 9.04. The molecular formula is C13H10N4O2S. The number of carbonyl (C=O) groups is 1. The van der Waals surface area contributed by atoms with Gasteiger partial charge in [-0.05, 0) is 12.1 Å². The highest BCUT2D eigenvalue weighted by Crippen LogP contribution is 2.20. The van der Waals surface area contributed by atoms with Crippen LogP contribution in [0.3, 0.4) is 0 Å². The van der Waals surface area contributed by atoms with Gasteiger partial charge in [-0.25, -0.2) is 0 Å². The molecule has 0 radical (unpaired) electrons. The molecule has 7 heteroatoms. The largest absolute Gasteiger partial charge is 0.451 e. The minimum Gasteiger partial charge on any atom is -0.451 e. The van der Waals surface area contributed by atoms with E-state index >= 15 is 0 Å². The van der Waals surface area contributed by atoms with Crippen LogP contribution in [0.1, 0.15) is 16.1 Å². The topological polar surface area (TPSA) is 96.9 Å². The lowest BCUT2D eigenvalue weighted by Crippen LogP contribution is -2.16. The molecular weight excluding hydrogens is 276 g/mol. The molecule has 0 fully saturated rings. The van der Waals surface area contributed by atoms with Crippen molar-refractivity contribution in [3.8, 4) is 0 Å². The number of nitrogens with two attached hydrogens (primary N) is 1. The lowest BCUT2D eigenvalue weighted by molar-refractivity contribution is 0.0998. The third-order valence-electron chi connectivity index (χ3n) is 2.79. The van der Waals surface area contributed by atoms with Crippen LogP contribution >= 0.6 is 12.2 Å². The first-order valence-electron chi connectivity index (χ1n) is 5.78. The van der Waals surface area contributed by atoms with Crippen LogP contribution in [0.5, 0.6) is 0 Å². The van der Waals surface area contributed by atoms with Crippen LogP contribution in [-0.2, 0) is 0 Å². The highest BCUT2D eigenvalue weighted by Gasteiger charge is 2.16. The smallest absolute Gasteiger partial charge is 0.292 e. The van der Waals surface area contributed by atoms with Crippen molar-refractivity contribution in [1.82, 2.24) is 10.2 Å². The number of benzene rings is 1. The van der Waals surface area contributed by atoms with Gasteiger partial charge in [-0.1, -0.05) is 30.4 Å². The average molecular weight is 286 g/mol. The van der Waals surface area contributed by atoms with E-state index in [-0.39, 0.29) is 10.7 Å². The Morgan fingerprint density at radius 1 is 1.40 bits per heavy atom. The summed E-state index contributed by atoms with van der Waals surface area (Å²) in [5.41, 5.74) is 6.66. The molecule has 0 bridgehead atoms. The number of nitrogens with zero attached hydrogens (tertiary/aromatic N) is 1. The Kier molecular flexibility index (Phi) is 2.96. The number of aromatic amines is 1. The van der Waals surface area contributed by atoms with E-state index in [0.29, 0.717) is 17.0 Å². The summed E-state index contributed by atoms with van der Waals surface area (Å²) in [4.78, 5) is 12.3. The molecule has 0 aliphatic rings. The number of hydrogen-bond donors (Lipinski definition) is 3. The number of furan rings is 1. The van der Waals surface area contributed by atoms with Gasteiger partial charge in [0.2, 0.25) is 0 Å². The zero-order valence-electron chi connectivity index (χ0n) is 10.2. The fraction of sp³-hybridized carbons (Fsp3) is 0. The summed E-state index contributed by atoms with van der Waals surface area (Å²) in [6.45, 7) is 0. The molecule has 0 atom stereocenters. The lowest BCUT2D eigenvalue weighted by atomic mass is 10.2. The number of amides is 1. The lowest BCUT2D eigenvalue weighted by Gasteiger charge is -2.02. The number of carbonyl (C=O) groups excluding carboxylic acids is 1. The molecule has 4 N–H and O–H groups in total. The van der Waals surface area contributed by atoms with Crippen LogP contribution in [0.4, 0.5) is 5.82 Å². The van der Waals surface area contributed by atoms with Gasteiger partial charge in [0, 0.05) is 5.39 Å². The normalized spacial score (nSPS) is 10.6. The molecule has 0 unspecified atom stereocenters. The molecule has 2 heterocycles. The second kappa shape index (κ2) is 4.78. The van der Waals surface area contributed by atoms with Gasteiger partial charge in [0.25, 0.3) is 5.91 Å². The number of fused-ring (bicyclic) bond motifs is 1. The monoisotopic (exact) mass is 286 g/mol. The van der Waals surface area contributed by atoms with Crippen LogP contribution < -0.4 is 11.1 Å². The number of nitrogens with one attached hydrogen (secondary N) is 2. The average Bonchev–Trinajstić information content (AvgIpc) is 3.03. The Morgan fingerprint density at radius 2 is 2.20 bits per heavy atom. The number of aromatic nitrogens is 2. The van der Waals surface area contributed by atoms with Gasteiger partial charge >= 0.3 is 0 Å². The van der Waals surface area contributed by atoms with Gasteiger partial charge in [0.05, 0.1) is 11.8 Å². The molecule has 2 aromatic heterocycles. The maximum atomic E-state index is 12.1. The molecule has 1 amide bonds. The van der Waals surface area contributed by atoms with Crippen molar-refractivity contribution in [1.29, 1.82) is 0 Å². The molecule has 6 nitrogen and oxygen atoms in total. The van der Waals surface area contributed by atoms with Crippen molar-refractivity contribution in [2.75, 3.05) is 5.32 Å². The van der Waals surface area contributed by atoms with Gasteiger partial charge < -0.3 is 15.5 Å². The third-order valence-corrected chi connectivity index (χ3v) is 3.01. The van der Waals surface area contributed by atoms with Crippen molar-refractivity contribution in [3.63, 3.8) is 0 Å². The first-order chi connectivity index (χ1) is 9.65. The molecule has 0 saturated carbocycles. The summed E-state index contributed by atoms with van der Waals surface area (Å²) in [6.07, 6.45) is 1.45. The highest BCUT2D eigenvalue weighted by atomic mass is 32.1. The third kappa shape index (κ3) is 2.14. The molecule has 3 aromatic rings. The minimum absolute atomic E-state index is 0.152. The van der Waals surface area contributed by atoms with Gasteiger partial charge in [-0.3, -0.25) is 9.89 Å². The van der Waals surface area contributed by atoms with Crippen molar-refractivity contribution < 1.29 is 9.21 Å². The fourth-order valence-corrected chi connectivity index (χ4v) is 1.99. The van der Waals surface area contributed by atoms with Gasteiger partial charge in [0.1, 0.15) is 16.4 Å². The number of para-hydroxylation sites is 1. The number of hydrogen-bond acceptors (Lipinski definition) is 4. The van der Waals surface area contributed by atoms with Crippen molar-refractivity contribution in [3.05, 3.63) is 47.9 Å². The Labute approximate surface area is 119 Å². The number of rotatable bonds is 3. The zero-order valence-corrected chi connectivity index (χ0v) is 11.0. The van der Waals surface area contributed by atoms with E-state index in [0.717, 1.165) is 5.39 Å². The molecule has 1 aromatic carbocycles. The maximum absolute atomic E-state index is 12.1. The van der Waals surface area contributed by atoms with Gasteiger partial charge in [-0.2, -0.15) is 5.10 Å². The Morgan fingerprint density at radius 3 is 2.95 bits per heavy atom. The van der Waals surface area contributed by atoms with E-state index in [1.807, 2.05) is 18.2 Å². The van der Waals surface area contributed by atoms with Crippen molar-refractivity contribution >= 4 is 39.9 Å². The van der Waals surface area contributed by atoms with E-state index in [2.05, 4.69) is 15.5 Å². The predicted molar refractivity (Wildman–Crippen MR) is 78.6 cm³/mol. The second-order valence-corrected chi connectivity index (χ2v) is 4.57. The number of thiocarbonyl (C=S) groups is 1. The Balaban J connectivity index is 1.89. The summed E-state index contributed by atoms with van der Waals surface area (Å²) in [5.74, 6) is 0.153. The molecule has 3 rings (SSSR count). The summed E-state index contributed by atoms with van der Waals surface area (Å²) in [5, 5.41) is 9.91. The summed E-state index contributed by atoms with van der Waals surface area (Å²) < 4.78 is 5.47. The maximum Gasteiger partial charge on any atom is 0.292 e. The molecule has 100 valence electrons. The quantitative estimate of drug-likeness (QED) is 0.640. The van der Waals surface area contributed by atoms with E-state index in [1.54, 1.807) is 12.1 Å². The molecule has 0 spiro atoms. The number of H-pyrrole nitrogens is 1. The molecule has 0 aliphatic heterocycles. The van der Waals surface area contributed by atoms with Crippen molar-refractivity contribution in [2.24, 2.45) is 5.73 Å². The Bertz CT molecular complexity index is 772. The molecule has 0 saturated heterocycles. The van der Waals surface area contributed by atoms with E-state index in [1.165, 1.54) is 6.20 Å². The molecule has 0 aliphatic carbocycles. The molecule has 20 heavy (non-hydrogen) atoms. The van der Waals surface area contributed by atoms with E-state index < -0.39 is 5.91 Å². The van der Waals surface area contributed by atoms with Gasteiger partial charge in [0.15, 0.2) is 5.76 Å².